The lowest BCUT2D eigenvalue weighted by atomic mass is 10.1. The number of nitrogens with one attached hydrogen (secondary N) is 1. The van der Waals surface area contributed by atoms with Crippen LogP contribution in [0.4, 0.5) is 25.8 Å². The maximum absolute atomic E-state index is 12.3. The van der Waals surface area contributed by atoms with Crippen molar-refractivity contribution in [2.24, 2.45) is 0 Å². The van der Waals surface area contributed by atoms with Crippen LogP contribution in [0.1, 0.15) is 5.56 Å². The lowest BCUT2D eigenvalue weighted by molar-refractivity contribution is -0.0493. The van der Waals surface area contributed by atoms with Gasteiger partial charge < -0.3 is 15.8 Å². The van der Waals surface area contributed by atoms with Crippen molar-refractivity contribution >= 4 is 17.1 Å². The zero-order valence-electron chi connectivity index (χ0n) is 10.3. The highest BCUT2D eigenvalue weighted by molar-refractivity contribution is 5.79. The molecular formula is C14H11F2N3O. The standard InChI is InChI=1S/C14H11F2N3O/c15-14(16)20-12-7-2-1-5-10(12)19-11-6-3-4-9(8-17)13(11)18/h1-7,14,19H,18H2. The maximum Gasteiger partial charge on any atom is 0.387 e. The number of halogens is 2. The van der Waals surface area contributed by atoms with Crippen molar-refractivity contribution in [2.45, 2.75) is 6.61 Å². The Bertz CT molecular complexity index is 653. The van der Waals surface area contributed by atoms with Crippen molar-refractivity contribution in [2.75, 3.05) is 11.1 Å². The summed E-state index contributed by atoms with van der Waals surface area (Å²) in [4.78, 5) is 0. The molecule has 0 aliphatic rings. The Labute approximate surface area is 114 Å². The fourth-order valence-corrected chi connectivity index (χ4v) is 1.69. The van der Waals surface area contributed by atoms with Gasteiger partial charge in [0, 0.05) is 0 Å². The first-order valence-electron chi connectivity index (χ1n) is 5.71. The van der Waals surface area contributed by atoms with Crippen LogP contribution >= 0.6 is 0 Å². The molecule has 2 rings (SSSR count). The number of hydrogen-bond donors (Lipinski definition) is 2. The molecule has 0 amide bonds. The lowest BCUT2D eigenvalue weighted by Gasteiger charge is -2.14. The van der Waals surface area contributed by atoms with Gasteiger partial charge in [-0.05, 0) is 24.3 Å². The molecule has 0 fully saturated rings. The van der Waals surface area contributed by atoms with E-state index in [-0.39, 0.29) is 11.4 Å². The number of hydrogen-bond acceptors (Lipinski definition) is 4. The third kappa shape index (κ3) is 2.95. The summed E-state index contributed by atoms with van der Waals surface area (Å²) in [7, 11) is 0. The molecule has 0 aromatic heterocycles. The SMILES string of the molecule is N#Cc1cccc(Nc2ccccc2OC(F)F)c1N. The molecule has 4 nitrogen and oxygen atoms in total. The van der Waals surface area contributed by atoms with Crippen LogP contribution in [0.3, 0.4) is 0 Å². The molecule has 3 N–H and O–H groups in total. The zero-order valence-corrected chi connectivity index (χ0v) is 10.3. The number of nitriles is 1. The second-order valence-electron chi connectivity index (χ2n) is 3.88. The Morgan fingerprint density at radius 2 is 1.80 bits per heavy atom. The van der Waals surface area contributed by atoms with Crippen molar-refractivity contribution < 1.29 is 13.5 Å². The van der Waals surface area contributed by atoms with Crippen molar-refractivity contribution in [1.82, 2.24) is 0 Å². The van der Waals surface area contributed by atoms with E-state index < -0.39 is 6.61 Å². The minimum atomic E-state index is -2.92. The summed E-state index contributed by atoms with van der Waals surface area (Å²) in [5, 5.41) is 11.8. The Morgan fingerprint density at radius 3 is 2.50 bits per heavy atom. The molecule has 0 saturated carbocycles. The summed E-state index contributed by atoms with van der Waals surface area (Å²) < 4.78 is 29.1. The molecule has 0 aliphatic carbocycles. The molecule has 0 radical (unpaired) electrons. The zero-order chi connectivity index (χ0) is 14.5. The van der Waals surface area contributed by atoms with Gasteiger partial charge >= 0.3 is 6.61 Å². The normalized spacial score (nSPS) is 10.1. The number of nitrogens with zero attached hydrogens (tertiary/aromatic N) is 1. The molecule has 0 heterocycles. The average Bonchev–Trinajstić information content (AvgIpc) is 2.42. The summed E-state index contributed by atoms with van der Waals surface area (Å²) >= 11 is 0. The van der Waals surface area contributed by atoms with E-state index in [0.29, 0.717) is 16.9 Å². The molecule has 0 aliphatic heterocycles. The Balaban J connectivity index is 2.34. The quantitative estimate of drug-likeness (QED) is 0.838. The number of nitrogens with two attached hydrogens (primary N) is 1. The Morgan fingerprint density at radius 1 is 1.10 bits per heavy atom. The summed E-state index contributed by atoms with van der Waals surface area (Å²) in [6.07, 6.45) is 0. The molecule has 0 bridgehead atoms. The predicted octanol–water partition coefficient (Wildman–Crippen LogP) is 3.49. The van der Waals surface area contributed by atoms with E-state index in [4.69, 9.17) is 11.0 Å². The third-order valence-electron chi connectivity index (χ3n) is 2.60. The van der Waals surface area contributed by atoms with Crippen LogP contribution in [0, 0.1) is 11.3 Å². The molecule has 0 atom stereocenters. The van der Waals surface area contributed by atoms with Gasteiger partial charge in [0.15, 0.2) is 0 Å². The van der Waals surface area contributed by atoms with E-state index in [0.717, 1.165) is 0 Å². The average molecular weight is 275 g/mol. The van der Waals surface area contributed by atoms with Crippen LogP contribution in [0.5, 0.6) is 5.75 Å². The smallest absolute Gasteiger partial charge is 0.387 e. The van der Waals surface area contributed by atoms with E-state index in [9.17, 15) is 8.78 Å². The van der Waals surface area contributed by atoms with Gasteiger partial charge in [-0.3, -0.25) is 0 Å². The number of alkyl halides is 2. The highest BCUT2D eigenvalue weighted by atomic mass is 19.3. The Hall–Kier alpha value is -2.81. The number of rotatable bonds is 4. The van der Waals surface area contributed by atoms with E-state index in [1.807, 2.05) is 6.07 Å². The van der Waals surface area contributed by atoms with E-state index in [2.05, 4.69) is 10.1 Å². The highest BCUT2D eigenvalue weighted by Gasteiger charge is 2.11. The predicted molar refractivity (Wildman–Crippen MR) is 71.9 cm³/mol. The number of ether oxygens (including phenoxy) is 1. The van der Waals surface area contributed by atoms with E-state index in [1.54, 1.807) is 36.4 Å². The summed E-state index contributed by atoms with van der Waals surface area (Å²) in [6.45, 7) is -2.92. The molecule has 0 spiro atoms. The fraction of sp³-hybridized carbons (Fsp3) is 0.0714. The van der Waals surface area contributed by atoms with Gasteiger partial charge in [0.1, 0.15) is 11.8 Å². The second-order valence-corrected chi connectivity index (χ2v) is 3.88. The first kappa shape index (κ1) is 13.6. The Kier molecular flexibility index (Phi) is 4.01. The minimum absolute atomic E-state index is 0.00395. The monoisotopic (exact) mass is 275 g/mol. The second kappa shape index (κ2) is 5.89. The number of benzene rings is 2. The van der Waals surface area contributed by atoms with E-state index >= 15 is 0 Å². The topological polar surface area (TPSA) is 71.1 Å². The molecule has 0 saturated heterocycles. The van der Waals surface area contributed by atoms with Gasteiger partial charge in [-0.1, -0.05) is 18.2 Å². The summed E-state index contributed by atoms with van der Waals surface area (Å²) in [6, 6.07) is 13.1. The van der Waals surface area contributed by atoms with Crippen molar-refractivity contribution in [3.63, 3.8) is 0 Å². The molecule has 2 aromatic rings. The third-order valence-corrected chi connectivity index (χ3v) is 2.60. The number of para-hydroxylation sites is 3. The van der Waals surface area contributed by atoms with Gasteiger partial charge in [0.25, 0.3) is 0 Å². The lowest BCUT2D eigenvalue weighted by Crippen LogP contribution is -2.05. The van der Waals surface area contributed by atoms with Crippen LogP contribution in [0.2, 0.25) is 0 Å². The van der Waals surface area contributed by atoms with Crippen molar-refractivity contribution in [1.29, 1.82) is 5.26 Å². The van der Waals surface area contributed by atoms with Gasteiger partial charge in [-0.25, -0.2) is 0 Å². The van der Waals surface area contributed by atoms with Crippen LogP contribution in [0.25, 0.3) is 0 Å². The number of nitrogen functional groups attached to an aromatic ring is 1. The van der Waals surface area contributed by atoms with E-state index in [1.165, 1.54) is 6.07 Å². The van der Waals surface area contributed by atoms with Crippen LogP contribution in [0.15, 0.2) is 42.5 Å². The minimum Gasteiger partial charge on any atom is -0.433 e. The highest BCUT2D eigenvalue weighted by Crippen LogP contribution is 2.32. The first-order valence-corrected chi connectivity index (χ1v) is 5.71. The van der Waals surface area contributed by atoms with Gasteiger partial charge in [-0.15, -0.1) is 0 Å². The molecule has 102 valence electrons. The summed E-state index contributed by atoms with van der Waals surface area (Å²) in [5.41, 5.74) is 7.17. The maximum atomic E-state index is 12.3. The van der Waals surface area contributed by atoms with Crippen LogP contribution in [-0.2, 0) is 0 Å². The number of anilines is 3. The largest absolute Gasteiger partial charge is 0.433 e. The van der Waals surface area contributed by atoms with Crippen molar-refractivity contribution in [3.8, 4) is 11.8 Å². The van der Waals surface area contributed by atoms with Gasteiger partial charge in [0.2, 0.25) is 0 Å². The molecule has 2 aromatic carbocycles. The molecule has 0 unspecified atom stereocenters. The van der Waals surface area contributed by atoms with Gasteiger partial charge in [-0.2, -0.15) is 14.0 Å². The molecule has 20 heavy (non-hydrogen) atoms. The molecule has 6 heteroatoms. The van der Waals surface area contributed by atoms with Crippen molar-refractivity contribution in [3.05, 3.63) is 48.0 Å². The van der Waals surface area contributed by atoms with Crippen LogP contribution < -0.4 is 15.8 Å². The van der Waals surface area contributed by atoms with Crippen LogP contribution in [-0.4, -0.2) is 6.61 Å². The first-order chi connectivity index (χ1) is 9.61. The fourth-order valence-electron chi connectivity index (χ4n) is 1.69. The molecular weight excluding hydrogens is 264 g/mol. The summed E-state index contributed by atoms with van der Waals surface area (Å²) in [5.74, 6) is 0.00395. The van der Waals surface area contributed by atoms with Gasteiger partial charge in [0.05, 0.1) is 22.6 Å².